The number of anilines is 6. The van der Waals surface area contributed by atoms with Crippen LogP contribution in [0.1, 0.15) is 22.3 Å². The van der Waals surface area contributed by atoms with Crippen LogP contribution in [0.4, 0.5) is 34.1 Å². The summed E-state index contributed by atoms with van der Waals surface area (Å²) in [4.78, 5) is 4.82. The Morgan fingerprint density at radius 1 is 0.276 bits per heavy atom. The maximum atomic E-state index is 2.49. The molecule has 2 aliphatic rings. The molecule has 1 spiro atoms. The molecule has 58 heavy (non-hydrogen) atoms. The molecule has 0 N–H and O–H groups in total. The number of nitrogens with zero attached hydrogens (tertiary/aromatic N) is 2. The normalized spacial score (nSPS) is 13.0. The summed E-state index contributed by atoms with van der Waals surface area (Å²) in [5, 5.41) is 2.59. The van der Waals surface area contributed by atoms with Gasteiger partial charge in [-0.2, -0.15) is 0 Å². The van der Waals surface area contributed by atoms with Crippen molar-refractivity contribution in [1.29, 1.82) is 0 Å². The van der Waals surface area contributed by atoms with E-state index >= 15 is 0 Å². The van der Waals surface area contributed by atoms with Crippen LogP contribution in [-0.4, -0.2) is 0 Å². The molecule has 9 aromatic carbocycles. The van der Waals surface area contributed by atoms with E-state index in [-0.39, 0.29) is 0 Å². The predicted molar refractivity (Wildman–Crippen MR) is 245 cm³/mol. The highest BCUT2D eigenvalue weighted by Gasteiger charge is 2.52. The highest BCUT2D eigenvalue weighted by atomic mass is 32.1. The second kappa shape index (κ2) is 12.9. The zero-order valence-electron chi connectivity index (χ0n) is 31.6. The molecule has 1 heterocycles. The van der Waals surface area contributed by atoms with E-state index in [0.29, 0.717) is 0 Å². The summed E-state index contributed by atoms with van der Waals surface area (Å²) < 4.78 is 2.62. The number of benzene rings is 9. The first-order valence-corrected chi connectivity index (χ1v) is 20.7. The fourth-order valence-corrected chi connectivity index (χ4v) is 11.0. The lowest BCUT2D eigenvalue weighted by atomic mass is 9.70. The Labute approximate surface area is 342 Å². The molecule has 0 radical (unpaired) electrons. The summed E-state index contributed by atoms with van der Waals surface area (Å²) in [6, 6.07) is 80.5. The smallest absolute Gasteiger partial charge is 0.0727 e. The van der Waals surface area contributed by atoms with Gasteiger partial charge in [0.2, 0.25) is 0 Å². The van der Waals surface area contributed by atoms with E-state index < -0.39 is 5.41 Å². The molecule has 2 nitrogen and oxygen atoms in total. The molecular weight excluding hydrogens is 721 g/mol. The van der Waals surface area contributed by atoms with Gasteiger partial charge in [0.15, 0.2) is 0 Å². The SMILES string of the molecule is c1ccc(N(c2ccccc2)c2ccc3c(c2)C2(c4ccccc4-c4ccccc42)c2cc(N(c4ccccc4)c4ccc5sc6ccccc6c5c4)ccc2-3)cc1. The quantitative estimate of drug-likeness (QED) is 0.167. The van der Waals surface area contributed by atoms with Crippen molar-refractivity contribution in [3.05, 3.63) is 241 Å². The minimum atomic E-state index is -0.529. The van der Waals surface area contributed by atoms with Gasteiger partial charge in [0.1, 0.15) is 0 Å². The van der Waals surface area contributed by atoms with Crippen LogP contribution in [0.15, 0.2) is 218 Å². The van der Waals surface area contributed by atoms with Gasteiger partial charge in [-0.25, -0.2) is 0 Å². The zero-order chi connectivity index (χ0) is 38.2. The fraction of sp³-hybridized carbons (Fsp3) is 0.0182. The number of thiophene rings is 1. The average molecular weight is 757 g/mol. The van der Waals surface area contributed by atoms with Crippen LogP contribution in [0, 0.1) is 0 Å². The van der Waals surface area contributed by atoms with Crippen LogP contribution in [0.3, 0.4) is 0 Å². The Hall–Kier alpha value is -7.20. The second-order valence-corrected chi connectivity index (χ2v) is 16.3. The van der Waals surface area contributed by atoms with Crippen molar-refractivity contribution in [1.82, 2.24) is 0 Å². The van der Waals surface area contributed by atoms with Gasteiger partial charge < -0.3 is 9.80 Å². The van der Waals surface area contributed by atoms with E-state index in [1.54, 1.807) is 0 Å². The summed E-state index contributed by atoms with van der Waals surface area (Å²) in [5.74, 6) is 0. The molecule has 3 heteroatoms. The van der Waals surface area contributed by atoms with Gasteiger partial charge in [0.25, 0.3) is 0 Å². The third-order valence-electron chi connectivity index (χ3n) is 12.2. The van der Waals surface area contributed by atoms with E-state index in [4.69, 9.17) is 0 Å². The van der Waals surface area contributed by atoms with Gasteiger partial charge in [0.05, 0.1) is 5.41 Å². The number of hydrogen-bond acceptors (Lipinski definition) is 3. The molecular formula is C55H36N2S. The standard InChI is InChI=1S/C55H36N2S/c1-4-16-37(17-5-1)56(38-18-6-2-7-19-38)41-28-31-45-46-32-29-42(36-52(46)55(51(45)35-41)49-25-13-10-22-43(49)44-23-11-14-26-50(44)55)57(39-20-8-3-9-21-39)40-30-33-54-48(34-40)47-24-12-15-27-53(47)58-54/h1-36H. The molecule has 0 bridgehead atoms. The summed E-state index contributed by atoms with van der Waals surface area (Å²) in [7, 11) is 0. The van der Waals surface area contributed by atoms with E-state index in [1.807, 2.05) is 11.3 Å². The molecule has 272 valence electrons. The van der Waals surface area contributed by atoms with Gasteiger partial charge in [0, 0.05) is 54.3 Å². The predicted octanol–water partition coefficient (Wildman–Crippen LogP) is 15.3. The molecule has 0 amide bonds. The molecule has 0 aliphatic heterocycles. The number of hydrogen-bond donors (Lipinski definition) is 0. The monoisotopic (exact) mass is 756 g/mol. The van der Waals surface area contributed by atoms with Gasteiger partial charge in [-0.1, -0.05) is 133 Å². The Morgan fingerprint density at radius 2 is 0.672 bits per heavy atom. The lowest BCUT2D eigenvalue weighted by Gasteiger charge is -2.33. The van der Waals surface area contributed by atoms with E-state index in [9.17, 15) is 0 Å². The van der Waals surface area contributed by atoms with Crippen molar-refractivity contribution in [2.75, 3.05) is 9.80 Å². The van der Waals surface area contributed by atoms with Gasteiger partial charge in [-0.05, 0) is 129 Å². The zero-order valence-corrected chi connectivity index (χ0v) is 32.4. The Bertz CT molecular complexity index is 3100. The summed E-state index contributed by atoms with van der Waals surface area (Å²) >= 11 is 1.86. The minimum absolute atomic E-state index is 0.529. The molecule has 0 unspecified atom stereocenters. The Balaban J connectivity index is 1.12. The molecule has 1 aromatic heterocycles. The van der Waals surface area contributed by atoms with Crippen molar-refractivity contribution in [2.45, 2.75) is 5.41 Å². The lowest BCUT2D eigenvalue weighted by molar-refractivity contribution is 0.793. The van der Waals surface area contributed by atoms with Crippen LogP contribution >= 0.6 is 11.3 Å². The number of para-hydroxylation sites is 3. The van der Waals surface area contributed by atoms with Crippen LogP contribution in [0.2, 0.25) is 0 Å². The number of fused-ring (bicyclic) bond motifs is 13. The van der Waals surface area contributed by atoms with Crippen molar-refractivity contribution >= 4 is 65.6 Å². The molecule has 0 fully saturated rings. The largest absolute Gasteiger partial charge is 0.310 e. The maximum absolute atomic E-state index is 2.49. The van der Waals surface area contributed by atoms with Crippen molar-refractivity contribution in [2.24, 2.45) is 0 Å². The third kappa shape index (κ3) is 4.78. The minimum Gasteiger partial charge on any atom is -0.310 e. The highest BCUT2D eigenvalue weighted by Crippen LogP contribution is 2.64. The van der Waals surface area contributed by atoms with Crippen LogP contribution in [0.5, 0.6) is 0 Å². The summed E-state index contributed by atoms with van der Waals surface area (Å²) in [5.41, 5.74) is 16.7. The van der Waals surface area contributed by atoms with Gasteiger partial charge in [-0.3, -0.25) is 0 Å². The van der Waals surface area contributed by atoms with E-state index in [2.05, 4.69) is 228 Å². The second-order valence-electron chi connectivity index (χ2n) is 15.3. The van der Waals surface area contributed by atoms with Gasteiger partial charge >= 0.3 is 0 Å². The van der Waals surface area contributed by atoms with Crippen molar-refractivity contribution in [3.63, 3.8) is 0 Å². The first-order chi connectivity index (χ1) is 28.8. The Kier molecular flexibility index (Phi) is 7.35. The molecule has 0 saturated heterocycles. The molecule has 0 saturated carbocycles. The Morgan fingerprint density at radius 3 is 1.22 bits per heavy atom. The molecule has 0 atom stereocenters. The van der Waals surface area contributed by atoms with E-state index in [0.717, 1.165) is 34.1 Å². The lowest BCUT2D eigenvalue weighted by Crippen LogP contribution is -2.26. The van der Waals surface area contributed by atoms with Crippen LogP contribution < -0.4 is 9.80 Å². The molecule has 12 rings (SSSR count). The maximum Gasteiger partial charge on any atom is 0.0727 e. The van der Waals surface area contributed by atoms with E-state index in [1.165, 1.54) is 64.7 Å². The van der Waals surface area contributed by atoms with Crippen molar-refractivity contribution in [3.8, 4) is 22.3 Å². The summed E-state index contributed by atoms with van der Waals surface area (Å²) in [6.45, 7) is 0. The number of rotatable bonds is 6. The van der Waals surface area contributed by atoms with Crippen LogP contribution in [0.25, 0.3) is 42.4 Å². The first-order valence-electron chi connectivity index (χ1n) is 19.9. The molecule has 2 aliphatic carbocycles. The molecule has 10 aromatic rings. The third-order valence-corrected chi connectivity index (χ3v) is 13.4. The van der Waals surface area contributed by atoms with Crippen LogP contribution in [-0.2, 0) is 5.41 Å². The summed E-state index contributed by atoms with van der Waals surface area (Å²) in [6.07, 6.45) is 0. The first kappa shape index (κ1) is 33.0. The van der Waals surface area contributed by atoms with Crippen molar-refractivity contribution < 1.29 is 0 Å². The van der Waals surface area contributed by atoms with Gasteiger partial charge in [-0.15, -0.1) is 11.3 Å². The highest BCUT2D eigenvalue weighted by molar-refractivity contribution is 7.25. The average Bonchev–Trinajstić information content (AvgIpc) is 3.91. The fourth-order valence-electron chi connectivity index (χ4n) is 9.87. The topological polar surface area (TPSA) is 6.48 Å².